The van der Waals surface area contributed by atoms with E-state index in [1.807, 2.05) is 36.4 Å². The summed E-state index contributed by atoms with van der Waals surface area (Å²) in [6.07, 6.45) is 2.81. The quantitative estimate of drug-likeness (QED) is 0.573. The van der Waals surface area contributed by atoms with Crippen molar-refractivity contribution < 1.29 is 4.79 Å². The second-order valence-corrected chi connectivity index (χ2v) is 4.94. The molecule has 0 saturated heterocycles. The summed E-state index contributed by atoms with van der Waals surface area (Å²) in [4.78, 5) is 11.9. The third kappa shape index (κ3) is 5.15. The molecule has 0 atom stereocenters. The lowest BCUT2D eigenvalue weighted by Gasteiger charge is -2.26. The highest BCUT2D eigenvalue weighted by atomic mass is 16.1. The van der Waals surface area contributed by atoms with Gasteiger partial charge in [-0.25, -0.2) is 0 Å². The molecule has 18 heavy (non-hydrogen) atoms. The number of amides is 1. The molecule has 0 aliphatic rings. The minimum atomic E-state index is -0.118. The Morgan fingerprint density at radius 1 is 1.33 bits per heavy atom. The van der Waals surface area contributed by atoms with Crippen LogP contribution in [0.2, 0.25) is 0 Å². The van der Waals surface area contributed by atoms with Crippen LogP contribution in [0.25, 0.3) is 0 Å². The lowest BCUT2D eigenvalue weighted by atomic mass is 10.1. The Hall–Kier alpha value is -1.61. The molecule has 0 heterocycles. The number of benzene rings is 1. The molecule has 0 saturated carbocycles. The van der Waals surface area contributed by atoms with E-state index >= 15 is 0 Å². The van der Waals surface area contributed by atoms with Gasteiger partial charge < -0.3 is 10.6 Å². The van der Waals surface area contributed by atoms with Crippen molar-refractivity contribution in [2.24, 2.45) is 0 Å². The molecule has 1 aromatic rings. The van der Waals surface area contributed by atoms with Crippen molar-refractivity contribution >= 4 is 5.91 Å². The van der Waals surface area contributed by atoms with E-state index in [1.54, 1.807) is 0 Å². The topological polar surface area (TPSA) is 41.1 Å². The van der Waals surface area contributed by atoms with E-state index in [4.69, 9.17) is 0 Å². The number of nitrogens with one attached hydrogen (secondary N) is 2. The van der Waals surface area contributed by atoms with E-state index in [-0.39, 0.29) is 11.4 Å². The van der Waals surface area contributed by atoms with Crippen molar-refractivity contribution in [3.63, 3.8) is 0 Å². The van der Waals surface area contributed by atoms with Gasteiger partial charge in [-0.15, -0.1) is 6.58 Å². The molecule has 0 aliphatic heterocycles. The van der Waals surface area contributed by atoms with Gasteiger partial charge in [0.25, 0.3) is 5.91 Å². The lowest BCUT2D eigenvalue weighted by Crippen LogP contribution is -2.49. The molecule has 3 heteroatoms. The summed E-state index contributed by atoms with van der Waals surface area (Å²) in [7, 11) is 0. The SMILES string of the molecule is C=CCCNC(C)(C)CNC(=O)c1ccccc1. The second-order valence-electron chi connectivity index (χ2n) is 4.94. The minimum absolute atomic E-state index is 0.0332. The van der Waals surface area contributed by atoms with E-state index in [0.29, 0.717) is 12.1 Å². The number of rotatable bonds is 7. The standard InChI is InChI=1S/C15H22N2O/c1-4-5-11-17-15(2,3)12-16-14(18)13-9-7-6-8-10-13/h4,6-10,17H,1,5,11-12H2,2-3H3,(H,16,18). The first-order chi connectivity index (χ1) is 8.55. The van der Waals surface area contributed by atoms with Gasteiger partial charge in [-0.2, -0.15) is 0 Å². The van der Waals surface area contributed by atoms with Gasteiger partial charge in [-0.05, 0) is 38.9 Å². The summed E-state index contributed by atoms with van der Waals surface area (Å²) in [5, 5.41) is 6.32. The van der Waals surface area contributed by atoms with Crippen LogP contribution in [0.3, 0.4) is 0 Å². The second kappa shape index (κ2) is 6.97. The van der Waals surface area contributed by atoms with Crippen LogP contribution in [0.4, 0.5) is 0 Å². The van der Waals surface area contributed by atoms with Gasteiger partial charge in [0.15, 0.2) is 0 Å². The van der Waals surface area contributed by atoms with Crippen LogP contribution in [0.15, 0.2) is 43.0 Å². The van der Waals surface area contributed by atoms with Crippen LogP contribution < -0.4 is 10.6 Å². The number of carbonyl (C=O) groups is 1. The van der Waals surface area contributed by atoms with Gasteiger partial charge in [-0.3, -0.25) is 4.79 Å². The van der Waals surface area contributed by atoms with Gasteiger partial charge in [0.05, 0.1) is 0 Å². The van der Waals surface area contributed by atoms with E-state index in [1.165, 1.54) is 0 Å². The summed E-state index contributed by atoms with van der Waals surface area (Å²) < 4.78 is 0. The van der Waals surface area contributed by atoms with Crippen molar-refractivity contribution in [1.29, 1.82) is 0 Å². The van der Waals surface area contributed by atoms with Crippen molar-refractivity contribution in [3.05, 3.63) is 48.6 Å². The van der Waals surface area contributed by atoms with Crippen LogP contribution in [-0.4, -0.2) is 24.5 Å². The van der Waals surface area contributed by atoms with E-state index < -0.39 is 0 Å². The molecule has 0 spiro atoms. The average Bonchev–Trinajstić information content (AvgIpc) is 2.37. The summed E-state index contributed by atoms with van der Waals surface area (Å²) in [6, 6.07) is 9.25. The summed E-state index contributed by atoms with van der Waals surface area (Å²) in [5.41, 5.74) is 0.576. The third-order valence-electron chi connectivity index (χ3n) is 2.68. The maximum Gasteiger partial charge on any atom is 0.251 e. The minimum Gasteiger partial charge on any atom is -0.350 e. The molecule has 0 aliphatic carbocycles. The molecule has 0 fully saturated rings. The Balaban J connectivity index is 2.39. The van der Waals surface area contributed by atoms with E-state index in [0.717, 1.165) is 13.0 Å². The maximum atomic E-state index is 11.9. The van der Waals surface area contributed by atoms with Crippen molar-refractivity contribution in [3.8, 4) is 0 Å². The molecule has 3 nitrogen and oxygen atoms in total. The fraction of sp³-hybridized carbons (Fsp3) is 0.400. The Kier molecular flexibility index (Phi) is 5.59. The molecule has 2 N–H and O–H groups in total. The first-order valence-electron chi connectivity index (χ1n) is 6.24. The molecule has 0 unspecified atom stereocenters. The van der Waals surface area contributed by atoms with Gasteiger partial charge in [0.2, 0.25) is 0 Å². The molecule has 1 amide bonds. The summed E-state index contributed by atoms with van der Waals surface area (Å²) >= 11 is 0. The summed E-state index contributed by atoms with van der Waals surface area (Å²) in [5.74, 6) is -0.0332. The number of hydrogen-bond acceptors (Lipinski definition) is 2. The van der Waals surface area contributed by atoms with Gasteiger partial charge in [0.1, 0.15) is 0 Å². The van der Waals surface area contributed by atoms with Crippen LogP contribution in [-0.2, 0) is 0 Å². The van der Waals surface area contributed by atoms with E-state index in [9.17, 15) is 4.79 Å². The molecular weight excluding hydrogens is 224 g/mol. The molecule has 0 radical (unpaired) electrons. The molecule has 1 aromatic carbocycles. The molecule has 98 valence electrons. The largest absolute Gasteiger partial charge is 0.350 e. The van der Waals surface area contributed by atoms with Crippen molar-refractivity contribution in [2.75, 3.05) is 13.1 Å². The average molecular weight is 246 g/mol. The van der Waals surface area contributed by atoms with Gasteiger partial charge in [-0.1, -0.05) is 24.3 Å². The fourth-order valence-electron chi connectivity index (χ4n) is 1.57. The number of carbonyl (C=O) groups excluding carboxylic acids is 1. The van der Waals surface area contributed by atoms with Gasteiger partial charge in [0, 0.05) is 17.6 Å². The fourth-order valence-corrected chi connectivity index (χ4v) is 1.57. The highest BCUT2D eigenvalue weighted by Gasteiger charge is 2.17. The van der Waals surface area contributed by atoms with Crippen molar-refractivity contribution in [1.82, 2.24) is 10.6 Å². The lowest BCUT2D eigenvalue weighted by molar-refractivity contribution is 0.0942. The van der Waals surface area contributed by atoms with Crippen LogP contribution in [0.5, 0.6) is 0 Å². The summed E-state index contributed by atoms with van der Waals surface area (Å²) in [6.45, 7) is 9.29. The highest BCUT2D eigenvalue weighted by Crippen LogP contribution is 2.02. The predicted octanol–water partition coefficient (Wildman–Crippen LogP) is 2.36. The zero-order chi connectivity index (χ0) is 13.4. The number of hydrogen-bond donors (Lipinski definition) is 2. The molecule has 0 aromatic heterocycles. The van der Waals surface area contributed by atoms with E-state index in [2.05, 4.69) is 31.1 Å². The Bertz CT molecular complexity index is 385. The van der Waals surface area contributed by atoms with Crippen LogP contribution >= 0.6 is 0 Å². The molecule has 1 rings (SSSR count). The molecular formula is C15H22N2O. The maximum absolute atomic E-state index is 11.9. The first kappa shape index (κ1) is 14.5. The zero-order valence-electron chi connectivity index (χ0n) is 11.2. The first-order valence-corrected chi connectivity index (χ1v) is 6.24. The highest BCUT2D eigenvalue weighted by molar-refractivity contribution is 5.94. The van der Waals surface area contributed by atoms with Crippen molar-refractivity contribution in [2.45, 2.75) is 25.8 Å². The normalized spacial score (nSPS) is 11.0. The van der Waals surface area contributed by atoms with Gasteiger partial charge >= 0.3 is 0 Å². The Morgan fingerprint density at radius 3 is 2.61 bits per heavy atom. The third-order valence-corrected chi connectivity index (χ3v) is 2.68. The Morgan fingerprint density at radius 2 is 2.00 bits per heavy atom. The smallest absolute Gasteiger partial charge is 0.251 e. The monoisotopic (exact) mass is 246 g/mol. The Labute approximate surface area is 109 Å². The van der Waals surface area contributed by atoms with Crippen LogP contribution in [0.1, 0.15) is 30.6 Å². The van der Waals surface area contributed by atoms with Crippen LogP contribution in [0, 0.1) is 0 Å². The zero-order valence-corrected chi connectivity index (χ0v) is 11.2. The molecule has 0 bridgehead atoms. The predicted molar refractivity (Wildman–Crippen MR) is 75.7 cm³/mol.